The Labute approximate surface area is 82.8 Å². The van der Waals surface area contributed by atoms with Crippen molar-refractivity contribution >= 4 is 6.21 Å². The van der Waals surface area contributed by atoms with Crippen LogP contribution in [0.15, 0.2) is 17.8 Å². The number of nitrogens with zero attached hydrogens (tertiary/aromatic N) is 2. The molecule has 14 heavy (non-hydrogen) atoms. The van der Waals surface area contributed by atoms with Crippen molar-refractivity contribution in [2.45, 2.75) is 18.6 Å². The molecular weight excluding hydrogens is 187 g/mol. The summed E-state index contributed by atoms with van der Waals surface area (Å²) in [7, 11) is 0. The number of rotatable bonds is 6. The number of halogens is 1. The molecule has 0 aromatic rings. The lowest BCUT2D eigenvalue weighted by molar-refractivity contribution is 0.0495. The van der Waals surface area contributed by atoms with Crippen molar-refractivity contribution < 1.29 is 9.50 Å². The minimum Gasteiger partial charge on any atom is -0.393 e. The maximum absolute atomic E-state index is 13.4. The van der Waals surface area contributed by atoms with Gasteiger partial charge in [-0.25, -0.2) is 15.4 Å². The molecule has 0 radical (unpaired) electrons. The molecule has 6 heteroatoms. The lowest BCUT2D eigenvalue weighted by Crippen LogP contribution is -2.52. The zero-order valence-corrected chi connectivity index (χ0v) is 8.23. The second-order valence-electron chi connectivity index (χ2n) is 3.16. The van der Waals surface area contributed by atoms with Gasteiger partial charge >= 0.3 is 0 Å². The van der Waals surface area contributed by atoms with Gasteiger partial charge in [0, 0.05) is 6.21 Å². The molecule has 0 spiro atoms. The van der Waals surface area contributed by atoms with E-state index in [0.29, 0.717) is 0 Å². The van der Waals surface area contributed by atoms with Gasteiger partial charge in [0.2, 0.25) is 0 Å². The first-order chi connectivity index (χ1) is 6.44. The molecule has 0 aliphatic carbocycles. The second-order valence-corrected chi connectivity index (χ2v) is 3.16. The van der Waals surface area contributed by atoms with Gasteiger partial charge in [0.25, 0.3) is 0 Å². The Bertz CT molecular complexity index is 208. The van der Waals surface area contributed by atoms with E-state index in [2.05, 4.69) is 11.7 Å². The molecule has 0 rings (SSSR count). The fourth-order valence-electron chi connectivity index (χ4n) is 0.689. The van der Waals surface area contributed by atoms with Crippen molar-refractivity contribution in [2.75, 3.05) is 13.2 Å². The lowest BCUT2D eigenvalue weighted by atomic mass is 10.0. The van der Waals surface area contributed by atoms with Crippen LogP contribution < -0.4 is 11.6 Å². The Morgan fingerprint density at radius 1 is 1.79 bits per heavy atom. The number of nitrogens with two attached hydrogens (primary N) is 2. The van der Waals surface area contributed by atoms with E-state index in [1.807, 2.05) is 0 Å². The molecule has 1 unspecified atom stereocenters. The minimum atomic E-state index is -1.86. The van der Waals surface area contributed by atoms with Gasteiger partial charge in [0.05, 0.1) is 19.2 Å². The third-order valence-electron chi connectivity index (χ3n) is 1.79. The van der Waals surface area contributed by atoms with Gasteiger partial charge in [-0.05, 0) is 13.0 Å². The summed E-state index contributed by atoms with van der Waals surface area (Å²) in [6.45, 7) is 3.98. The van der Waals surface area contributed by atoms with Crippen molar-refractivity contribution in [1.29, 1.82) is 0 Å². The van der Waals surface area contributed by atoms with Crippen LogP contribution in [0.5, 0.6) is 0 Å². The first-order valence-corrected chi connectivity index (χ1v) is 4.16. The molecule has 0 aliphatic heterocycles. The number of hydrazine groups is 1. The molecule has 0 aromatic heterocycles. The molecule has 0 saturated heterocycles. The minimum absolute atomic E-state index is 0.0118. The summed E-state index contributed by atoms with van der Waals surface area (Å²) in [6, 6.07) is -0.903. The van der Waals surface area contributed by atoms with E-state index in [-0.39, 0.29) is 6.54 Å². The molecule has 5 nitrogen and oxygen atoms in total. The van der Waals surface area contributed by atoms with Gasteiger partial charge in [-0.15, -0.1) is 0 Å². The Hall–Kier alpha value is -0.980. The molecule has 5 N–H and O–H groups in total. The van der Waals surface area contributed by atoms with E-state index in [1.165, 1.54) is 19.2 Å². The zero-order valence-electron chi connectivity index (χ0n) is 8.23. The highest BCUT2D eigenvalue weighted by molar-refractivity contribution is 5.69. The molecule has 0 fully saturated rings. The number of hydrogen-bond acceptors (Lipinski definition) is 5. The van der Waals surface area contributed by atoms with Gasteiger partial charge in [0.15, 0.2) is 0 Å². The van der Waals surface area contributed by atoms with Crippen molar-refractivity contribution in [1.82, 2.24) is 5.12 Å². The Morgan fingerprint density at radius 3 is 2.79 bits per heavy atom. The third kappa shape index (κ3) is 4.31. The van der Waals surface area contributed by atoms with Crippen LogP contribution in [0.3, 0.4) is 0 Å². The summed E-state index contributed by atoms with van der Waals surface area (Å²) in [5, 5.41) is 13.4. The van der Waals surface area contributed by atoms with Crippen LogP contribution in [-0.2, 0) is 0 Å². The number of hydrazone groups is 1. The number of aliphatic hydroxyl groups excluding tert-OH is 1. The smallest absolute Gasteiger partial charge is 0.147 e. The van der Waals surface area contributed by atoms with Gasteiger partial charge in [-0.1, -0.05) is 6.58 Å². The summed E-state index contributed by atoms with van der Waals surface area (Å²) >= 11 is 0. The van der Waals surface area contributed by atoms with Crippen molar-refractivity contribution in [3.05, 3.63) is 12.7 Å². The van der Waals surface area contributed by atoms with E-state index in [1.54, 1.807) is 0 Å². The van der Waals surface area contributed by atoms with Crippen molar-refractivity contribution in [2.24, 2.45) is 16.7 Å². The van der Waals surface area contributed by atoms with Gasteiger partial charge in [0.1, 0.15) is 5.67 Å². The van der Waals surface area contributed by atoms with Crippen molar-refractivity contribution in [3.8, 4) is 0 Å². The van der Waals surface area contributed by atoms with Crippen LogP contribution in [0, 0.1) is 0 Å². The molecule has 2 atom stereocenters. The van der Waals surface area contributed by atoms with Crippen molar-refractivity contribution in [3.63, 3.8) is 0 Å². The number of alkyl halides is 1. The Morgan fingerprint density at radius 2 is 2.36 bits per heavy atom. The van der Waals surface area contributed by atoms with E-state index in [0.717, 1.165) is 5.12 Å². The molecule has 0 aliphatic rings. The van der Waals surface area contributed by atoms with E-state index < -0.39 is 18.3 Å². The van der Waals surface area contributed by atoms with E-state index >= 15 is 0 Å². The SMILES string of the molecule is C=C/C=N\N(N)C[C@@H](N)C(C)(F)CO. The summed E-state index contributed by atoms with van der Waals surface area (Å²) in [4.78, 5) is 0. The summed E-state index contributed by atoms with van der Waals surface area (Å²) in [5.41, 5.74) is 3.62. The van der Waals surface area contributed by atoms with E-state index in [4.69, 9.17) is 16.7 Å². The van der Waals surface area contributed by atoms with E-state index in [9.17, 15) is 4.39 Å². The molecule has 0 aromatic carbocycles. The fraction of sp³-hybridized carbons (Fsp3) is 0.625. The van der Waals surface area contributed by atoms with Gasteiger partial charge in [-0.3, -0.25) is 0 Å². The molecule has 0 amide bonds. The predicted octanol–water partition coefficient (Wildman–Crippen LogP) is -0.618. The maximum atomic E-state index is 13.4. The Balaban J connectivity index is 4.11. The summed E-state index contributed by atoms with van der Waals surface area (Å²) in [6.07, 6.45) is 2.80. The van der Waals surface area contributed by atoms with Gasteiger partial charge < -0.3 is 10.8 Å². The van der Waals surface area contributed by atoms with Crippen LogP contribution in [0.1, 0.15) is 6.92 Å². The van der Waals surface area contributed by atoms with Gasteiger partial charge in [-0.2, -0.15) is 5.10 Å². The molecule has 0 saturated carbocycles. The van der Waals surface area contributed by atoms with Crippen LogP contribution in [0.4, 0.5) is 4.39 Å². The maximum Gasteiger partial charge on any atom is 0.147 e. The lowest BCUT2D eigenvalue weighted by Gasteiger charge is -2.27. The quantitative estimate of drug-likeness (QED) is 0.306. The summed E-state index contributed by atoms with van der Waals surface area (Å²) in [5.74, 6) is 5.37. The standard InChI is InChI=1S/C8H17FN4O/c1-3-4-12-13(11)5-7(10)8(2,9)6-14/h3-4,7,14H,1,5-6,10-11H2,2H3/b12-4-/t7-,8?/m1/s1. The average molecular weight is 204 g/mol. The van der Waals surface area contributed by atoms with Crippen LogP contribution >= 0.6 is 0 Å². The highest BCUT2D eigenvalue weighted by Gasteiger charge is 2.31. The molecule has 0 heterocycles. The normalized spacial score (nSPS) is 17.8. The largest absolute Gasteiger partial charge is 0.393 e. The second kappa shape index (κ2) is 5.69. The van der Waals surface area contributed by atoms with Crippen LogP contribution in [0.25, 0.3) is 0 Å². The first kappa shape index (κ1) is 13.0. The summed E-state index contributed by atoms with van der Waals surface area (Å²) < 4.78 is 13.4. The fourth-order valence-corrected chi connectivity index (χ4v) is 0.689. The first-order valence-electron chi connectivity index (χ1n) is 4.16. The predicted molar refractivity (Wildman–Crippen MR) is 54.2 cm³/mol. The third-order valence-corrected chi connectivity index (χ3v) is 1.79. The number of hydrogen-bond donors (Lipinski definition) is 3. The monoisotopic (exact) mass is 204 g/mol. The highest BCUT2D eigenvalue weighted by Crippen LogP contribution is 2.13. The molecular formula is C8H17FN4O. The number of aliphatic hydroxyl groups is 1. The Kier molecular flexibility index (Phi) is 5.29. The van der Waals surface area contributed by atoms with Crippen LogP contribution in [-0.4, -0.2) is 41.3 Å². The highest BCUT2D eigenvalue weighted by atomic mass is 19.1. The molecule has 0 bridgehead atoms. The topological polar surface area (TPSA) is 87.9 Å². The average Bonchev–Trinajstić information content (AvgIpc) is 2.14. The number of allylic oxidation sites excluding steroid dienone is 1. The molecule has 82 valence electrons. The van der Waals surface area contributed by atoms with Crippen LogP contribution in [0.2, 0.25) is 0 Å². The zero-order chi connectivity index (χ0) is 11.2.